The topological polar surface area (TPSA) is 32.3 Å². The van der Waals surface area contributed by atoms with Crippen molar-refractivity contribution in [2.75, 3.05) is 13.7 Å². The third-order valence-electron chi connectivity index (χ3n) is 2.23. The normalized spacial score (nSPS) is 44.6. The summed E-state index contributed by atoms with van der Waals surface area (Å²) < 4.78 is 0. The molecule has 0 aromatic rings. The van der Waals surface area contributed by atoms with Crippen LogP contribution >= 0.6 is 0 Å². The zero-order valence-electron chi connectivity index (χ0n) is 5.44. The van der Waals surface area contributed by atoms with Crippen molar-refractivity contribution in [2.24, 2.45) is 5.92 Å². The van der Waals surface area contributed by atoms with Gasteiger partial charge in [-0.3, -0.25) is 0 Å². The summed E-state index contributed by atoms with van der Waals surface area (Å²) in [5, 5.41) is 11.9. The first kappa shape index (κ1) is 6.05. The van der Waals surface area contributed by atoms with Crippen LogP contribution in [0.15, 0.2) is 0 Å². The standard InChI is InChI=1S/C6H13NO/c1-5-3-6(5,4-8)7-2/h5,7-8H,3-4H2,1-2H3/t5-,6-/m1/s1. The van der Waals surface area contributed by atoms with E-state index in [1.807, 2.05) is 7.05 Å². The molecule has 0 unspecified atom stereocenters. The molecule has 1 aliphatic carbocycles. The van der Waals surface area contributed by atoms with Crippen LogP contribution in [0, 0.1) is 5.92 Å². The molecule has 0 amide bonds. The molecule has 2 nitrogen and oxygen atoms in total. The van der Waals surface area contributed by atoms with Gasteiger partial charge in [-0.05, 0) is 19.4 Å². The lowest BCUT2D eigenvalue weighted by Crippen LogP contribution is -2.33. The molecule has 1 fully saturated rings. The Bertz CT molecular complexity index is 83.0. The van der Waals surface area contributed by atoms with E-state index in [0.717, 1.165) is 6.42 Å². The monoisotopic (exact) mass is 115 g/mol. The maximum absolute atomic E-state index is 8.76. The fourth-order valence-corrected chi connectivity index (χ4v) is 1.14. The Hall–Kier alpha value is -0.0800. The van der Waals surface area contributed by atoms with E-state index in [-0.39, 0.29) is 12.1 Å². The summed E-state index contributed by atoms with van der Waals surface area (Å²) >= 11 is 0. The van der Waals surface area contributed by atoms with Crippen LogP contribution in [0.5, 0.6) is 0 Å². The van der Waals surface area contributed by atoms with Crippen molar-refractivity contribution in [3.05, 3.63) is 0 Å². The Kier molecular flexibility index (Phi) is 1.29. The lowest BCUT2D eigenvalue weighted by Gasteiger charge is -2.09. The molecule has 2 N–H and O–H groups in total. The molecule has 0 bridgehead atoms. The number of aliphatic hydroxyl groups is 1. The van der Waals surface area contributed by atoms with Gasteiger partial charge in [0.1, 0.15) is 0 Å². The molecule has 0 aromatic carbocycles. The first-order chi connectivity index (χ1) is 3.75. The van der Waals surface area contributed by atoms with Crippen molar-refractivity contribution in [1.82, 2.24) is 5.32 Å². The number of aliphatic hydroxyl groups excluding tert-OH is 1. The number of likely N-dealkylation sites (N-methyl/N-ethyl adjacent to an activating group) is 1. The second kappa shape index (κ2) is 1.71. The molecule has 8 heavy (non-hydrogen) atoms. The summed E-state index contributed by atoms with van der Waals surface area (Å²) in [5.74, 6) is 0.664. The molecule has 0 aromatic heterocycles. The molecule has 1 saturated carbocycles. The van der Waals surface area contributed by atoms with Crippen molar-refractivity contribution in [1.29, 1.82) is 0 Å². The first-order valence-corrected chi connectivity index (χ1v) is 3.05. The zero-order chi connectivity index (χ0) is 6.20. The van der Waals surface area contributed by atoms with Crippen LogP contribution in [0.3, 0.4) is 0 Å². The van der Waals surface area contributed by atoms with E-state index in [9.17, 15) is 0 Å². The van der Waals surface area contributed by atoms with E-state index in [4.69, 9.17) is 5.11 Å². The van der Waals surface area contributed by atoms with Crippen LogP contribution < -0.4 is 5.32 Å². The first-order valence-electron chi connectivity index (χ1n) is 3.05. The van der Waals surface area contributed by atoms with Crippen LogP contribution in [0.2, 0.25) is 0 Å². The Morgan fingerprint density at radius 1 is 1.88 bits per heavy atom. The molecule has 0 aliphatic heterocycles. The lowest BCUT2D eigenvalue weighted by molar-refractivity contribution is 0.228. The van der Waals surface area contributed by atoms with Crippen molar-refractivity contribution in [3.63, 3.8) is 0 Å². The molecule has 2 atom stereocenters. The lowest BCUT2D eigenvalue weighted by atomic mass is 10.2. The van der Waals surface area contributed by atoms with Crippen LogP contribution in [-0.4, -0.2) is 24.3 Å². The molecular formula is C6H13NO. The van der Waals surface area contributed by atoms with Crippen molar-refractivity contribution in [3.8, 4) is 0 Å². The maximum Gasteiger partial charge on any atom is 0.0615 e. The minimum atomic E-state index is 0.0972. The maximum atomic E-state index is 8.76. The molecule has 1 aliphatic rings. The van der Waals surface area contributed by atoms with E-state index < -0.39 is 0 Å². The van der Waals surface area contributed by atoms with Gasteiger partial charge in [0.25, 0.3) is 0 Å². The van der Waals surface area contributed by atoms with E-state index >= 15 is 0 Å². The summed E-state index contributed by atoms with van der Waals surface area (Å²) in [6.45, 7) is 2.43. The number of hydrogen-bond donors (Lipinski definition) is 2. The summed E-state index contributed by atoms with van der Waals surface area (Å²) in [4.78, 5) is 0. The van der Waals surface area contributed by atoms with Gasteiger partial charge in [0.2, 0.25) is 0 Å². The summed E-state index contributed by atoms with van der Waals surface area (Å²) in [6, 6.07) is 0. The minimum Gasteiger partial charge on any atom is -0.394 e. The summed E-state index contributed by atoms with van der Waals surface area (Å²) in [6.07, 6.45) is 1.12. The van der Waals surface area contributed by atoms with E-state index in [2.05, 4.69) is 12.2 Å². The van der Waals surface area contributed by atoms with E-state index in [0.29, 0.717) is 5.92 Å². The third-order valence-corrected chi connectivity index (χ3v) is 2.23. The molecule has 48 valence electrons. The predicted molar refractivity (Wildman–Crippen MR) is 32.7 cm³/mol. The van der Waals surface area contributed by atoms with Gasteiger partial charge in [-0.15, -0.1) is 0 Å². The fourth-order valence-electron chi connectivity index (χ4n) is 1.14. The van der Waals surface area contributed by atoms with Crippen LogP contribution in [0.1, 0.15) is 13.3 Å². The van der Waals surface area contributed by atoms with Gasteiger partial charge in [-0.2, -0.15) is 0 Å². The Morgan fingerprint density at radius 2 is 2.38 bits per heavy atom. The third kappa shape index (κ3) is 0.644. The summed E-state index contributed by atoms with van der Waals surface area (Å²) in [7, 11) is 1.90. The van der Waals surface area contributed by atoms with Gasteiger partial charge < -0.3 is 10.4 Å². The van der Waals surface area contributed by atoms with Crippen LogP contribution in [-0.2, 0) is 0 Å². The molecule has 0 spiro atoms. The zero-order valence-corrected chi connectivity index (χ0v) is 5.44. The SMILES string of the molecule is CN[C@@]1(CO)C[C@H]1C. The molecule has 1 rings (SSSR count). The minimum absolute atomic E-state index is 0.0972. The molecule has 0 saturated heterocycles. The van der Waals surface area contributed by atoms with Gasteiger partial charge in [0.05, 0.1) is 6.61 Å². The molecular weight excluding hydrogens is 102 g/mol. The van der Waals surface area contributed by atoms with Crippen molar-refractivity contribution < 1.29 is 5.11 Å². The summed E-state index contributed by atoms with van der Waals surface area (Å²) in [5.41, 5.74) is 0.0972. The Morgan fingerprint density at radius 3 is 2.38 bits per heavy atom. The van der Waals surface area contributed by atoms with Gasteiger partial charge in [0, 0.05) is 5.54 Å². The highest BCUT2D eigenvalue weighted by Crippen LogP contribution is 2.41. The Balaban J connectivity index is 2.39. The Labute approximate surface area is 49.9 Å². The average molecular weight is 115 g/mol. The quantitative estimate of drug-likeness (QED) is 0.530. The van der Waals surface area contributed by atoms with Gasteiger partial charge >= 0.3 is 0 Å². The largest absolute Gasteiger partial charge is 0.394 e. The highest BCUT2D eigenvalue weighted by Gasteiger charge is 2.49. The number of nitrogens with one attached hydrogen (secondary N) is 1. The van der Waals surface area contributed by atoms with Gasteiger partial charge in [0.15, 0.2) is 0 Å². The highest BCUT2D eigenvalue weighted by atomic mass is 16.3. The van der Waals surface area contributed by atoms with Crippen molar-refractivity contribution in [2.45, 2.75) is 18.9 Å². The molecule has 0 radical (unpaired) electrons. The number of hydrogen-bond acceptors (Lipinski definition) is 2. The van der Waals surface area contributed by atoms with Crippen LogP contribution in [0.25, 0.3) is 0 Å². The van der Waals surface area contributed by atoms with Crippen LogP contribution in [0.4, 0.5) is 0 Å². The van der Waals surface area contributed by atoms with E-state index in [1.165, 1.54) is 0 Å². The van der Waals surface area contributed by atoms with E-state index in [1.54, 1.807) is 0 Å². The van der Waals surface area contributed by atoms with Crippen molar-refractivity contribution >= 4 is 0 Å². The highest BCUT2D eigenvalue weighted by molar-refractivity contribution is 5.06. The molecule has 0 heterocycles. The second-order valence-corrected chi connectivity index (χ2v) is 2.67. The average Bonchev–Trinajstić information content (AvgIpc) is 2.43. The smallest absolute Gasteiger partial charge is 0.0615 e. The van der Waals surface area contributed by atoms with Gasteiger partial charge in [-0.1, -0.05) is 6.92 Å². The number of rotatable bonds is 2. The van der Waals surface area contributed by atoms with Gasteiger partial charge in [-0.25, -0.2) is 0 Å². The fraction of sp³-hybridized carbons (Fsp3) is 1.00. The second-order valence-electron chi connectivity index (χ2n) is 2.67. The molecule has 2 heteroatoms. The predicted octanol–water partition coefficient (Wildman–Crippen LogP) is -0.0233.